The Bertz CT molecular complexity index is 853. The Kier molecular flexibility index (Phi) is 4.15. The molecule has 4 N–H and O–H groups in total. The predicted molar refractivity (Wildman–Crippen MR) is 95.5 cm³/mol. The lowest BCUT2D eigenvalue weighted by atomic mass is 10.0. The number of anilines is 2. The van der Waals surface area contributed by atoms with Crippen LogP contribution < -0.4 is 16.4 Å². The van der Waals surface area contributed by atoms with Crippen LogP contribution in [0.4, 0.5) is 11.4 Å². The zero-order valence-corrected chi connectivity index (χ0v) is 13.0. The third-order valence-electron chi connectivity index (χ3n) is 3.90. The Labute approximate surface area is 135 Å². The molecule has 0 fully saturated rings. The molecule has 0 spiro atoms. The van der Waals surface area contributed by atoms with E-state index >= 15 is 0 Å². The molecular formula is C19H19N3O. The van der Waals surface area contributed by atoms with Crippen LogP contribution >= 0.6 is 0 Å². The van der Waals surface area contributed by atoms with Crippen LogP contribution in [0, 0.1) is 0 Å². The zero-order chi connectivity index (χ0) is 16.2. The molecule has 3 aromatic rings. The van der Waals surface area contributed by atoms with Crippen LogP contribution in [0.3, 0.4) is 0 Å². The normalized spacial score (nSPS) is 10.5. The van der Waals surface area contributed by atoms with Crippen LogP contribution in [0.2, 0.25) is 0 Å². The molecular weight excluding hydrogens is 286 g/mol. The molecule has 0 saturated heterocycles. The van der Waals surface area contributed by atoms with E-state index in [1.165, 1.54) is 5.39 Å². The van der Waals surface area contributed by atoms with E-state index < -0.39 is 0 Å². The second-order valence-corrected chi connectivity index (χ2v) is 5.37. The van der Waals surface area contributed by atoms with Gasteiger partial charge in [0.05, 0.1) is 11.4 Å². The summed E-state index contributed by atoms with van der Waals surface area (Å²) in [6.45, 7) is 0.480. The van der Waals surface area contributed by atoms with Crippen molar-refractivity contribution in [2.75, 3.05) is 18.1 Å². The third-order valence-corrected chi connectivity index (χ3v) is 3.90. The molecule has 0 aliphatic carbocycles. The first-order chi connectivity index (χ1) is 11.2. The smallest absolute Gasteiger partial charge is 0.251 e. The minimum atomic E-state index is -0.132. The molecule has 4 heteroatoms. The van der Waals surface area contributed by atoms with Gasteiger partial charge in [0, 0.05) is 19.2 Å². The van der Waals surface area contributed by atoms with Crippen molar-refractivity contribution in [1.29, 1.82) is 0 Å². The van der Waals surface area contributed by atoms with Gasteiger partial charge in [-0.05, 0) is 34.5 Å². The zero-order valence-electron chi connectivity index (χ0n) is 13.0. The Morgan fingerprint density at radius 2 is 1.83 bits per heavy atom. The Balaban J connectivity index is 1.77. The van der Waals surface area contributed by atoms with Crippen LogP contribution in [-0.2, 0) is 6.54 Å². The van der Waals surface area contributed by atoms with Gasteiger partial charge in [-0.15, -0.1) is 0 Å². The third kappa shape index (κ3) is 3.11. The van der Waals surface area contributed by atoms with Gasteiger partial charge < -0.3 is 16.4 Å². The monoisotopic (exact) mass is 305 g/mol. The first-order valence-corrected chi connectivity index (χ1v) is 7.51. The maximum absolute atomic E-state index is 12.3. The van der Waals surface area contributed by atoms with Crippen molar-refractivity contribution in [3.63, 3.8) is 0 Å². The van der Waals surface area contributed by atoms with E-state index in [-0.39, 0.29) is 5.91 Å². The summed E-state index contributed by atoms with van der Waals surface area (Å²) in [6.07, 6.45) is 0. The first kappa shape index (κ1) is 14.9. The number of hydrogen-bond donors (Lipinski definition) is 3. The summed E-state index contributed by atoms with van der Waals surface area (Å²) in [5, 5.41) is 8.26. The standard InChI is InChI=1S/C19H19N3O/c1-21-18-10-9-14(11-17(18)20)19(23)22-12-15-7-4-6-13-5-2-3-8-16(13)15/h2-11,21H,12,20H2,1H3,(H,22,23). The van der Waals surface area contributed by atoms with Crippen LogP contribution in [0.15, 0.2) is 60.7 Å². The fourth-order valence-corrected chi connectivity index (χ4v) is 2.66. The van der Waals surface area contributed by atoms with Crippen molar-refractivity contribution >= 4 is 28.1 Å². The summed E-state index contributed by atoms with van der Waals surface area (Å²) < 4.78 is 0. The quantitative estimate of drug-likeness (QED) is 0.647. The summed E-state index contributed by atoms with van der Waals surface area (Å²) in [7, 11) is 1.80. The van der Waals surface area contributed by atoms with Gasteiger partial charge in [-0.3, -0.25) is 4.79 Å². The van der Waals surface area contributed by atoms with Gasteiger partial charge in [-0.2, -0.15) is 0 Å². The topological polar surface area (TPSA) is 67.2 Å². The average molecular weight is 305 g/mol. The molecule has 0 unspecified atom stereocenters. The number of nitrogens with one attached hydrogen (secondary N) is 2. The fraction of sp³-hybridized carbons (Fsp3) is 0.105. The average Bonchev–Trinajstić information content (AvgIpc) is 2.59. The van der Waals surface area contributed by atoms with Crippen molar-refractivity contribution in [2.24, 2.45) is 0 Å². The van der Waals surface area contributed by atoms with Gasteiger partial charge in [0.2, 0.25) is 0 Å². The highest BCUT2D eigenvalue weighted by Crippen LogP contribution is 2.20. The van der Waals surface area contributed by atoms with E-state index in [1.807, 2.05) is 30.3 Å². The molecule has 116 valence electrons. The van der Waals surface area contributed by atoms with Crippen molar-refractivity contribution in [1.82, 2.24) is 5.32 Å². The molecule has 4 nitrogen and oxygen atoms in total. The van der Waals surface area contributed by atoms with Crippen molar-refractivity contribution in [3.8, 4) is 0 Å². The van der Waals surface area contributed by atoms with Gasteiger partial charge in [0.1, 0.15) is 0 Å². The molecule has 0 atom stereocenters. The minimum absolute atomic E-state index is 0.132. The highest BCUT2D eigenvalue weighted by Gasteiger charge is 2.08. The van der Waals surface area contributed by atoms with Gasteiger partial charge in [0.25, 0.3) is 5.91 Å². The number of hydrogen-bond acceptors (Lipinski definition) is 3. The lowest BCUT2D eigenvalue weighted by Crippen LogP contribution is -2.23. The first-order valence-electron chi connectivity index (χ1n) is 7.51. The molecule has 0 heterocycles. The van der Waals surface area contributed by atoms with E-state index in [1.54, 1.807) is 19.2 Å². The molecule has 1 amide bonds. The molecule has 0 bridgehead atoms. The number of fused-ring (bicyclic) bond motifs is 1. The molecule has 0 aliphatic rings. The second kappa shape index (κ2) is 6.40. The lowest BCUT2D eigenvalue weighted by Gasteiger charge is -2.10. The molecule has 0 aromatic heterocycles. The number of carbonyl (C=O) groups is 1. The summed E-state index contributed by atoms with van der Waals surface area (Å²) >= 11 is 0. The summed E-state index contributed by atoms with van der Waals surface area (Å²) in [5.74, 6) is -0.132. The van der Waals surface area contributed by atoms with Crippen molar-refractivity contribution in [2.45, 2.75) is 6.54 Å². The van der Waals surface area contributed by atoms with Crippen molar-refractivity contribution < 1.29 is 4.79 Å². The second-order valence-electron chi connectivity index (χ2n) is 5.37. The largest absolute Gasteiger partial charge is 0.397 e. The van der Waals surface area contributed by atoms with E-state index in [9.17, 15) is 4.79 Å². The maximum Gasteiger partial charge on any atom is 0.251 e. The Morgan fingerprint density at radius 1 is 1.04 bits per heavy atom. The minimum Gasteiger partial charge on any atom is -0.397 e. The number of rotatable bonds is 4. The molecule has 0 aliphatic heterocycles. The number of benzene rings is 3. The van der Waals surface area contributed by atoms with E-state index in [0.717, 1.165) is 16.6 Å². The van der Waals surface area contributed by atoms with Gasteiger partial charge >= 0.3 is 0 Å². The summed E-state index contributed by atoms with van der Waals surface area (Å²) in [4.78, 5) is 12.3. The lowest BCUT2D eigenvalue weighted by molar-refractivity contribution is 0.0951. The number of amides is 1. The Hall–Kier alpha value is -3.01. The van der Waals surface area contributed by atoms with E-state index in [4.69, 9.17) is 5.73 Å². The van der Waals surface area contributed by atoms with Crippen LogP contribution in [0.25, 0.3) is 10.8 Å². The molecule has 0 saturated carbocycles. The number of nitrogen functional groups attached to an aromatic ring is 1. The van der Waals surface area contributed by atoms with Crippen LogP contribution in [0.5, 0.6) is 0 Å². The molecule has 23 heavy (non-hydrogen) atoms. The number of nitrogens with two attached hydrogens (primary N) is 1. The van der Waals surface area contributed by atoms with Gasteiger partial charge in [-0.1, -0.05) is 42.5 Å². The van der Waals surface area contributed by atoms with Gasteiger partial charge in [0.15, 0.2) is 0 Å². The summed E-state index contributed by atoms with van der Waals surface area (Å²) in [5.41, 5.74) is 8.94. The van der Waals surface area contributed by atoms with Crippen LogP contribution in [0.1, 0.15) is 15.9 Å². The predicted octanol–water partition coefficient (Wildman–Crippen LogP) is 3.39. The highest BCUT2D eigenvalue weighted by molar-refractivity contribution is 5.96. The Morgan fingerprint density at radius 3 is 2.61 bits per heavy atom. The summed E-state index contributed by atoms with van der Waals surface area (Å²) in [6, 6.07) is 19.5. The maximum atomic E-state index is 12.3. The van der Waals surface area contributed by atoms with E-state index in [0.29, 0.717) is 17.8 Å². The van der Waals surface area contributed by atoms with E-state index in [2.05, 4.69) is 28.8 Å². The molecule has 3 rings (SSSR count). The van der Waals surface area contributed by atoms with Gasteiger partial charge in [-0.25, -0.2) is 0 Å². The molecule has 0 radical (unpaired) electrons. The SMILES string of the molecule is CNc1ccc(C(=O)NCc2cccc3ccccc23)cc1N. The van der Waals surface area contributed by atoms with Crippen LogP contribution in [-0.4, -0.2) is 13.0 Å². The fourth-order valence-electron chi connectivity index (χ4n) is 2.66. The van der Waals surface area contributed by atoms with Crippen molar-refractivity contribution in [3.05, 3.63) is 71.8 Å². The highest BCUT2D eigenvalue weighted by atomic mass is 16.1. The molecule has 3 aromatic carbocycles. The number of carbonyl (C=O) groups excluding carboxylic acids is 1.